The first-order valence-electron chi connectivity index (χ1n) is 4.98. The Morgan fingerprint density at radius 1 is 0.889 bits per heavy atom. The molecule has 18 heavy (non-hydrogen) atoms. The van der Waals surface area contributed by atoms with E-state index in [1.807, 2.05) is 6.07 Å². The monoisotopic (exact) mass is 352 g/mol. The molecule has 1 unspecified atom stereocenters. The molecule has 0 bridgehead atoms. The maximum Gasteiger partial charge on any atom is 1.00 e. The van der Waals surface area contributed by atoms with Gasteiger partial charge in [-0.2, -0.15) is 8.42 Å². The summed E-state index contributed by atoms with van der Waals surface area (Å²) in [4.78, 5) is 0. The minimum absolute atomic E-state index is 0. The molecule has 0 aliphatic heterocycles. The van der Waals surface area contributed by atoms with E-state index in [1.165, 1.54) is 0 Å². The molecule has 6 heteroatoms. The minimum atomic E-state index is -3.56. The molecule has 0 spiro atoms. The minimum Gasteiger partial charge on any atom is -1.00 e. The van der Waals surface area contributed by atoms with Crippen molar-refractivity contribution < 1.29 is 72.2 Å². The second-order valence-corrected chi connectivity index (χ2v) is 7.29. The molecule has 0 fully saturated rings. The van der Waals surface area contributed by atoms with Gasteiger partial charge in [0.25, 0.3) is 0 Å². The maximum atomic E-state index is 11.8. The quantitative estimate of drug-likeness (QED) is 0.692. The second-order valence-electron chi connectivity index (χ2n) is 3.32. The van der Waals surface area contributed by atoms with Crippen LogP contribution in [-0.2, 0) is 9.74 Å². The summed E-state index contributed by atoms with van der Waals surface area (Å²) in [6.07, 6.45) is 0. The molecule has 90 valence electrons. The van der Waals surface area contributed by atoms with Crippen molar-refractivity contribution in [2.45, 2.75) is 0 Å². The summed E-state index contributed by atoms with van der Waals surface area (Å²) in [6, 6.07) is 17.5. The molecule has 0 saturated heterocycles. The Morgan fingerprint density at radius 3 is 1.94 bits per heavy atom. The summed E-state index contributed by atoms with van der Waals surface area (Å²) >= 11 is 0. The summed E-state index contributed by atoms with van der Waals surface area (Å²) in [5, 5.41) is 0.739. The Hall–Kier alpha value is 0.425. The summed E-state index contributed by atoms with van der Waals surface area (Å²) in [5.74, 6) is 0.343. The van der Waals surface area contributed by atoms with E-state index in [-0.39, 0.29) is 59.6 Å². The maximum absolute atomic E-state index is 11.8. The van der Waals surface area contributed by atoms with Crippen LogP contribution in [0, 0.1) is 0 Å². The van der Waals surface area contributed by atoms with Crippen molar-refractivity contribution in [2.24, 2.45) is 0 Å². The van der Waals surface area contributed by atoms with Gasteiger partial charge in [0, 0.05) is 0 Å². The van der Waals surface area contributed by atoms with Gasteiger partial charge in [-0.15, -0.1) is 0 Å². The Morgan fingerprint density at radius 2 is 1.39 bits per heavy atom. The normalized spacial score (nSPS) is 11.1. The third-order valence-corrected chi connectivity index (χ3v) is 4.90. The van der Waals surface area contributed by atoms with Gasteiger partial charge in [-0.1, -0.05) is 48.5 Å². The predicted molar refractivity (Wildman–Crippen MR) is 71.5 cm³/mol. The van der Waals surface area contributed by atoms with Crippen molar-refractivity contribution >= 4 is 22.8 Å². The van der Waals surface area contributed by atoms with Gasteiger partial charge in [0.2, 0.25) is 0 Å². The van der Waals surface area contributed by atoms with Crippen molar-refractivity contribution in [1.29, 1.82) is 0 Å². The van der Waals surface area contributed by atoms with Gasteiger partial charge in [-0.3, -0.25) is 0 Å². The van der Waals surface area contributed by atoms with Crippen LogP contribution in [0.15, 0.2) is 60.7 Å². The fraction of sp³-hybridized carbons (Fsp3) is 0. The number of benzene rings is 2. The third-order valence-electron chi connectivity index (χ3n) is 1.97. The molecular formula is C12H12O3PRbS. The van der Waals surface area contributed by atoms with E-state index in [9.17, 15) is 8.42 Å². The van der Waals surface area contributed by atoms with Gasteiger partial charge in [-0.05, 0) is 17.4 Å². The standard InChI is InChI=1S/C12H11O3PS.Rb.H/c13-17(14,15-11-7-3-1-4-8-11)16-12-9-5-2-6-10-12;;/h1-10,16H;;/q;+1;-1. The molecular weight excluding hydrogens is 341 g/mol. The van der Waals surface area contributed by atoms with E-state index in [4.69, 9.17) is 4.18 Å². The molecule has 0 N–H and O–H groups in total. The molecule has 2 rings (SSSR count). The van der Waals surface area contributed by atoms with Crippen molar-refractivity contribution in [3.8, 4) is 5.75 Å². The molecule has 0 aliphatic carbocycles. The zero-order valence-corrected chi connectivity index (χ0v) is 16.6. The molecule has 0 heterocycles. The van der Waals surface area contributed by atoms with E-state index in [2.05, 4.69) is 0 Å². The van der Waals surface area contributed by atoms with Crippen LogP contribution in [0.2, 0.25) is 0 Å². The largest absolute Gasteiger partial charge is 1.00 e. The predicted octanol–water partition coefficient (Wildman–Crippen LogP) is -0.569. The van der Waals surface area contributed by atoms with Gasteiger partial charge in [0.05, 0.1) is 7.78 Å². The van der Waals surface area contributed by atoms with E-state index in [0.29, 0.717) is 5.75 Å². The van der Waals surface area contributed by atoms with Crippen LogP contribution in [0.5, 0.6) is 5.75 Å². The Labute approximate surface area is 159 Å². The van der Waals surface area contributed by atoms with Crippen LogP contribution in [0.3, 0.4) is 0 Å². The molecule has 0 amide bonds. The van der Waals surface area contributed by atoms with Gasteiger partial charge in [-0.25, -0.2) is 0 Å². The first kappa shape index (κ1) is 16.5. The molecule has 0 aliphatic rings. The molecule has 0 saturated carbocycles. The van der Waals surface area contributed by atoms with Gasteiger partial charge >= 0.3 is 67.9 Å². The SMILES string of the molecule is O=S(=O)(Oc1ccccc1)Pc1ccccc1.[H-].[Rb+]. The zero-order valence-electron chi connectivity index (χ0n) is 10.9. The third kappa shape index (κ3) is 5.60. The van der Waals surface area contributed by atoms with Crippen LogP contribution in [-0.4, -0.2) is 8.42 Å². The van der Waals surface area contributed by atoms with E-state index >= 15 is 0 Å². The molecule has 2 aromatic rings. The fourth-order valence-corrected chi connectivity index (χ4v) is 3.99. The van der Waals surface area contributed by atoms with Crippen LogP contribution in [0.25, 0.3) is 0 Å². The summed E-state index contributed by atoms with van der Waals surface area (Å²) < 4.78 is 28.5. The van der Waals surface area contributed by atoms with Gasteiger partial charge in [0.1, 0.15) is 5.75 Å². The van der Waals surface area contributed by atoms with Crippen LogP contribution in [0.1, 0.15) is 1.43 Å². The summed E-state index contributed by atoms with van der Waals surface area (Å²) in [6.45, 7) is 0. The smallest absolute Gasteiger partial charge is 1.00 e. The summed E-state index contributed by atoms with van der Waals surface area (Å²) in [7, 11) is -3.95. The number of hydrogen-bond acceptors (Lipinski definition) is 3. The van der Waals surface area contributed by atoms with E-state index in [0.717, 1.165) is 5.30 Å². The molecule has 1 atom stereocenters. The van der Waals surface area contributed by atoms with Crippen molar-refractivity contribution in [2.75, 3.05) is 0 Å². The number of para-hydroxylation sites is 1. The van der Waals surface area contributed by atoms with E-state index in [1.54, 1.807) is 54.6 Å². The fourth-order valence-electron chi connectivity index (χ4n) is 1.27. The molecule has 0 aromatic heterocycles. The average Bonchev–Trinajstić information content (AvgIpc) is 2.30. The first-order chi connectivity index (χ1) is 8.16. The molecule has 2 aromatic carbocycles. The number of hydrogen-bond donors (Lipinski definition) is 0. The van der Waals surface area contributed by atoms with Crippen molar-refractivity contribution in [3.05, 3.63) is 60.7 Å². The first-order valence-corrected chi connectivity index (χ1v) is 8.11. The van der Waals surface area contributed by atoms with Crippen molar-refractivity contribution in [3.63, 3.8) is 0 Å². The Balaban J connectivity index is 0.00000162. The van der Waals surface area contributed by atoms with Crippen LogP contribution < -0.4 is 67.7 Å². The van der Waals surface area contributed by atoms with Gasteiger partial charge in [0.15, 0.2) is 0 Å². The Kier molecular flexibility index (Phi) is 7.21. The van der Waals surface area contributed by atoms with Gasteiger partial charge < -0.3 is 5.61 Å². The zero-order chi connectivity index (χ0) is 12.1. The van der Waals surface area contributed by atoms with Crippen LogP contribution in [0.4, 0.5) is 0 Å². The second kappa shape index (κ2) is 7.88. The van der Waals surface area contributed by atoms with Crippen LogP contribution >= 0.6 is 7.78 Å². The Bertz CT molecular complexity index is 531. The van der Waals surface area contributed by atoms with E-state index < -0.39 is 17.5 Å². The number of rotatable bonds is 4. The summed E-state index contributed by atoms with van der Waals surface area (Å²) in [5.41, 5.74) is 0. The van der Waals surface area contributed by atoms with Crippen molar-refractivity contribution in [1.82, 2.24) is 0 Å². The molecule has 3 nitrogen and oxygen atoms in total. The molecule has 0 radical (unpaired) electrons. The average molecular weight is 353 g/mol. The topological polar surface area (TPSA) is 43.4 Å².